The maximum Gasteiger partial charge on any atom is 0.401 e. The van der Waals surface area contributed by atoms with E-state index in [4.69, 9.17) is 4.74 Å². The van der Waals surface area contributed by atoms with E-state index in [0.717, 1.165) is 0 Å². The molecule has 0 aromatic rings. The van der Waals surface area contributed by atoms with Crippen molar-refractivity contribution in [2.75, 3.05) is 40.3 Å². The highest BCUT2D eigenvalue weighted by molar-refractivity contribution is 14.0. The highest BCUT2D eigenvalue weighted by Gasteiger charge is 2.34. The average Bonchev–Trinajstić information content (AvgIpc) is 2.79. The van der Waals surface area contributed by atoms with Crippen LogP contribution in [0.4, 0.5) is 13.2 Å². The Morgan fingerprint density at radius 2 is 2.00 bits per heavy atom. The van der Waals surface area contributed by atoms with Crippen LogP contribution in [0.25, 0.3) is 0 Å². The van der Waals surface area contributed by atoms with Crippen LogP contribution in [0.2, 0.25) is 0 Å². The number of alkyl halides is 3. The van der Waals surface area contributed by atoms with Crippen molar-refractivity contribution in [2.45, 2.75) is 38.1 Å². The molecule has 9 heteroatoms. The van der Waals surface area contributed by atoms with E-state index in [1.165, 1.54) is 4.90 Å². The van der Waals surface area contributed by atoms with E-state index in [1.807, 2.05) is 13.8 Å². The SMILES string of the molecule is CN=C(NCC(C)(C)OC)NC1CCN(CC(F)(F)F)C1.I. The highest BCUT2D eigenvalue weighted by Crippen LogP contribution is 2.19. The number of guanidine groups is 1. The summed E-state index contributed by atoms with van der Waals surface area (Å²) in [5.41, 5.74) is -0.338. The Bertz CT molecular complexity index is 364. The molecule has 132 valence electrons. The molecule has 1 aliphatic heterocycles. The van der Waals surface area contributed by atoms with E-state index in [2.05, 4.69) is 15.6 Å². The van der Waals surface area contributed by atoms with Gasteiger partial charge in [0.1, 0.15) is 0 Å². The lowest BCUT2D eigenvalue weighted by Gasteiger charge is -2.25. The zero-order chi connectivity index (χ0) is 16.1. The van der Waals surface area contributed by atoms with Crippen LogP contribution < -0.4 is 10.6 Å². The second-order valence-electron chi connectivity index (χ2n) is 5.87. The summed E-state index contributed by atoms with van der Waals surface area (Å²) in [7, 11) is 3.27. The third-order valence-electron chi connectivity index (χ3n) is 3.47. The third-order valence-corrected chi connectivity index (χ3v) is 3.47. The van der Waals surface area contributed by atoms with Crippen LogP contribution in [0.5, 0.6) is 0 Å². The number of aliphatic imine (C=N–C) groups is 1. The molecule has 1 unspecified atom stereocenters. The molecule has 0 aromatic heterocycles. The molecule has 1 fully saturated rings. The molecule has 0 bridgehead atoms. The van der Waals surface area contributed by atoms with Crippen LogP contribution in [-0.4, -0.2) is 69.0 Å². The number of nitrogens with one attached hydrogen (secondary N) is 2. The van der Waals surface area contributed by atoms with Crippen molar-refractivity contribution < 1.29 is 17.9 Å². The van der Waals surface area contributed by atoms with Gasteiger partial charge in [0.2, 0.25) is 0 Å². The van der Waals surface area contributed by atoms with Gasteiger partial charge in [-0.2, -0.15) is 13.2 Å². The Morgan fingerprint density at radius 3 is 2.50 bits per heavy atom. The molecule has 0 aliphatic carbocycles. The molecule has 0 radical (unpaired) electrons. The number of halogens is 4. The van der Waals surface area contributed by atoms with Crippen LogP contribution >= 0.6 is 24.0 Å². The molecule has 0 spiro atoms. The summed E-state index contributed by atoms with van der Waals surface area (Å²) in [6.45, 7) is 4.39. The Balaban J connectivity index is 0.00000441. The zero-order valence-corrected chi connectivity index (χ0v) is 15.8. The van der Waals surface area contributed by atoms with Crippen molar-refractivity contribution >= 4 is 29.9 Å². The topological polar surface area (TPSA) is 48.9 Å². The standard InChI is InChI=1S/C13H25F3N4O.HI/c1-12(2,21-4)8-18-11(17-3)19-10-5-6-20(7-10)9-13(14,15)16;/h10H,5-9H2,1-4H3,(H2,17,18,19);1H. The molecule has 0 saturated carbocycles. The Kier molecular flexibility index (Phi) is 8.99. The van der Waals surface area contributed by atoms with Gasteiger partial charge in [-0.1, -0.05) is 0 Å². The second-order valence-corrected chi connectivity index (χ2v) is 5.87. The summed E-state index contributed by atoms with van der Waals surface area (Å²) in [6, 6.07) is -0.0239. The van der Waals surface area contributed by atoms with Gasteiger partial charge in [-0.25, -0.2) is 0 Å². The van der Waals surface area contributed by atoms with Gasteiger partial charge in [-0.15, -0.1) is 24.0 Å². The number of hydrogen-bond acceptors (Lipinski definition) is 3. The van der Waals surface area contributed by atoms with Crippen LogP contribution in [0.3, 0.4) is 0 Å². The number of likely N-dealkylation sites (tertiary alicyclic amines) is 1. The summed E-state index contributed by atoms with van der Waals surface area (Å²) in [5.74, 6) is 0.582. The predicted molar refractivity (Wildman–Crippen MR) is 91.9 cm³/mol. The zero-order valence-electron chi connectivity index (χ0n) is 13.5. The summed E-state index contributed by atoms with van der Waals surface area (Å²) >= 11 is 0. The first-order chi connectivity index (χ1) is 9.65. The number of methoxy groups -OCH3 is 1. The van der Waals surface area contributed by atoms with Crippen molar-refractivity contribution in [1.82, 2.24) is 15.5 Å². The van der Waals surface area contributed by atoms with E-state index in [1.54, 1.807) is 14.2 Å². The molecule has 1 atom stereocenters. The van der Waals surface area contributed by atoms with E-state index in [9.17, 15) is 13.2 Å². The highest BCUT2D eigenvalue weighted by atomic mass is 127. The molecule has 0 aromatic carbocycles. The van der Waals surface area contributed by atoms with Gasteiger partial charge in [-0.3, -0.25) is 9.89 Å². The fourth-order valence-corrected chi connectivity index (χ4v) is 2.10. The fraction of sp³-hybridized carbons (Fsp3) is 0.923. The first-order valence-electron chi connectivity index (χ1n) is 6.96. The molecular weight excluding hydrogens is 412 g/mol. The van der Waals surface area contributed by atoms with E-state index < -0.39 is 12.7 Å². The van der Waals surface area contributed by atoms with Gasteiger partial charge in [0.05, 0.1) is 12.1 Å². The van der Waals surface area contributed by atoms with Crippen molar-refractivity contribution in [3.8, 4) is 0 Å². The third kappa shape index (κ3) is 8.37. The monoisotopic (exact) mass is 438 g/mol. The van der Waals surface area contributed by atoms with Gasteiger partial charge >= 0.3 is 6.18 Å². The molecule has 2 N–H and O–H groups in total. The van der Waals surface area contributed by atoms with Gasteiger partial charge < -0.3 is 15.4 Å². The van der Waals surface area contributed by atoms with E-state index in [-0.39, 0.29) is 35.6 Å². The minimum Gasteiger partial charge on any atom is -0.377 e. The number of ether oxygens (including phenoxy) is 1. The van der Waals surface area contributed by atoms with Gasteiger partial charge in [-0.05, 0) is 20.3 Å². The lowest BCUT2D eigenvalue weighted by molar-refractivity contribution is -0.143. The molecule has 0 amide bonds. The molecule has 22 heavy (non-hydrogen) atoms. The van der Waals surface area contributed by atoms with Gasteiger partial charge in [0.15, 0.2) is 5.96 Å². The van der Waals surface area contributed by atoms with Crippen molar-refractivity contribution in [1.29, 1.82) is 0 Å². The Hall–Kier alpha value is -0.290. The summed E-state index contributed by atoms with van der Waals surface area (Å²) < 4.78 is 42.3. The number of rotatable bonds is 5. The fourth-order valence-electron chi connectivity index (χ4n) is 2.10. The van der Waals surface area contributed by atoms with E-state index >= 15 is 0 Å². The van der Waals surface area contributed by atoms with Crippen LogP contribution in [-0.2, 0) is 4.74 Å². The average molecular weight is 438 g/mol. The van der Waals surface area contributed by atoms with Crippen molar-refractivity contribution in [2.24, 2.45) is 4.99 Å². The first kappa shape index (κ1) is 21.7. The maximum atomic E-state index is 12.3. The molecule has 1 rings (SSSR count). The van der Waals surface area contributed by atoms with Crippen LogP contribution in [0.15, 0.2) is 4.99 Å². The lowest BCUT2D eigenvalue weighted by Crippen LogP contribution is -2.49. The van der Waals surface area contributed by atoms with Crippen LogP contribution in [0.1, 0.15) is 20.3 Å². The molecular formula is C13H26F3IN4O. The normalized spacial score (nSPS) is 20.7. The number of hydrogen-bond donors (Lipinski definition) is 2. The molecule has 1 saturated heterocycles. The maximum absolute atomic E-state index is 12.3. The van der Waals surface area contributed by atoms with Gasteiger partial charge in [0, 0.05) is 39.8 Å². The smallest absolute Gasteiger partial charge is 0.377 e. The quantitative estimate of drug-likeness (QED) is 0.391. The lowest BCUT2D eigenvalue weighted by atomic mass is 10.1. The Labute approximate surface area is 147 Å². The molecule has 5 nitrogen and oxygen atoms in total. The van der Waals surface area contributed by atoms with Crippen molar-refractivity contribution in [3.63, 3.8) is 0 Å². The summed E-state index contributed by atoms with van der Waals surface area (Å²) in [5, 5.41) is 6.28. The van der Waals surface area contributed by atoms with E-state index in [0.29, 0.717) is 32.0 Å². The molecule has 1 heterocycles. The molecule has 1 aliphatic rings. The summed E-state index contributed by atoms with van der Waals surface area (Å²) in [6.07, 6.45) is -3.47. The van der Waals surface area contributed by atoms with Crippen LogP contribution in [0, 0.1) is 0 Å². The summed E-state index contributed by atoms with van der Waals surface area (Å²) in [4.78, 5) is 5.49. The van der Waals surface area contributed by atoms with Crippen molar-refractivity contribution in [3.05, 3.63) is 0 Å². The predicted octanol–water partition coefficient (Wildman–Crippen LogP) is 1.83. The Morgan fingerprint density at radius 1 is 1.36 bits per heavy atom. The minimum absolute atomic E-state index is 0. The minimum atomic E-state index is -4.14. The number of nitrogens with zero attached hydrogens (tertiary/aromatic N) is 2. The second kappa shape index (κ2) is 9.11. The largest absolute Gasteiger partial charge is 0.401 e. The first-order valence-corrected chi connectivity index (χ1v) is 6.96. The van der Waals surface area contributed by atoms with Gasteiger partial charge in [0.25, 0.3) is 0 Å².